The quantitative estimate of drug-likeness (QED) is 0.706. The van der Waals surface area contributed by atoms with E-state index in [1.807, 2.05) is 29.6 Å². The number of ether oxygens (including phenoxy) is 1. The maximum atomic E-state index is 12.0. The number of carbonyl (C=O) groups excluding carboxylic acids is 2. The smallest absolute Gasteiger partial charge is 0.306 e. The van der Waals surface area contributed by atoms with Crippen LogP contribution in [0.2, 0.25) is 0 Å². The Kier molecular flexibility index (Phi) is 6.80. The fraction of sp³-hybridized carbons (Fsp3) is 0.294. The van der Waals surface area contributed by atoms with Crippen molar-refractivity contribution in [3.05, 3.63) is 51.1 Å². The summed E-state index contributed by atoms with van der Waals surface area (Å²) >= 11 is 5.01. The molecule has 0 saturated heterocycles. The molecule has 122 valence electrons. The zero-order chi connectivity index (χ0) is 16.7. The van der Waals surface area contributed by atoms with Crippen molar-refractivity contribution in [2.75, 3.05) is 5.32 Å². The van der Waals surface area contributed by atoms with Crippen LogP contribution in [0.25, 0.3) is 0 Å². The second-order valence-electron chi connectivity index (χ2n) is 5.06. The molecule has 0 spiro atoms. The lowest BCUT2D eigenvalue weighted by atomic mass is 10.2. The zero-order valence-corrected chi connectivity index (χ0v) is 15.2. The summed E-state index contributed by atoms with van der Waals surface area (Å²) in [7, 11) is 0. The van der Waals surface area contributed by atoms with Gasteiger partial charge in [-0.15, -0.1) is 11.3 Å². The lowest BCUT2D eigenvalue weighted by molar-refractivity contribution is -0.153. The second-order valence-corrected chi connectivity index (χ2v) is 7.01. The van der Waals surface area contributed by atoms with Gasteiger partial charge in [0.15, 0.2) is 6.10 Å². The molecule has 0 unspecified atom stereocenters. The molecular formula is C17H18BrNO3S. The number of rotatable bonds is 7. The van der Waals surface area contributed by atoms with Crippen molar-refractivity contribution in [2.24, 2.45) is 0 Å². The summed E-state index contributed by atoms with van der Waals surface area (Å²) in [6.07, 6.45) is 1.07. The average Bonchev–Trinajstić information content (AvgIpc) is 3.00. The van der Waals surface area contributed by atoms with Gasteiger partial charge in [-0.2, -0.15) is 0 Å². The van der Waals surface area contributed by atoms with Crippen LogP contribution >= 0.6 is 27.3 Å². The fourth-order valence-electron chi connectivity index (χ4n) is 1.98. The third-order valence-electron chi connectivity index (χ3n) is 3.15. The molecule has 4 nitrogen and oxygen atoms in total. The number of anilines is 1. The minimum atomic E-state index is -0.816. The summed E-state index contributed by atoms with van der Waals surface area (Å²) in [6, 6.07) is 11.3. The van der Waals surface area contributed by atoms with Gasteiger partial charge >= 0.3 is 5.97 Å². The highest BCUT2D eigenvalue weighted by Gasteiger charge is 2.17. The molecule has 2 rings (SSSR count). The Morgan fingerprint density at radius 1 is 1.30 bits per heavy atom. The molecule has 1 N–H and O–H groups in total. The molecule has 1 aromatic carbocycles. The SMILES string of the molecule is C[C@@H](OC(=O)CCCc1cccs1)C(=O)Nc1cccc(Br)c1. The zero-order valence-electron chi connectivity index (χ0n) is 12.8. The van der Waals surface area contributed by atoms with Crippen molar-refractivity contribution in [3.8, 4) is 0 Å². The Morgan fingerprint density at radius 3 is 2.83 bits per heavy atom. The number of nitrogens with one attached hydrogen (secondary N) is 1. The largest absolute Gasteiger partial charge is 0.453 e. The molecule has 6 heteroatoms. The molecule has 23 heavy (non-hydrogen) atoms. The third-order valence-corrected chi connectivity index (χ3v) is 4.58. The monoisotopic (exact) mass is 395 g/mol. The maximum absolute atomic E-state index is 12.0. The topological polar surface area (TPSA) is 55.4 Å². The maximum Gasteiger partial charge on any atom is 0.306 e. The summed E-state index contributed by atoms with van der Waals surface area (Å²) in [4.78, 5) is 25.1. The Bertz CT molecular complexity index is 658. The minimum absolute atomic E-state index is 0.312. The van der Waals surface area contributed by atoms with Gasteiger partial charge in [0.05, 0.1) is 0 Å². The van der Waals surface area contributed by atoms with E-state index >= 15 is 0 Å². The van der Waals surface area contributed by atoms with Gasteiger partial charge in [0.1, 0.15) is 0 Å². The van der Waals surface area contributed by atoms with Crippen molar-refractivity contribution < 1.29 is 14.3 Å². The van der Waals surface area contributed by atoms with Crippen LogP contribution in [-0.2, 0) is 20.7 Å². The van der Waals surface area contributed by atoms with Gasteiger partial charge < -0.3 is 10.1 Å². The van der Waals surface area contributed by atoms with E-state index in [-0.39, 0.29) is 11.9 Å². The van der Waals surface area contributed by atoms with Crippen LogP contribution in [0.1, 0.15) is 24.6 Å². The van der Waals surface area contributed by atoms with Crippen LogP contribution in [-0.4, -0.2) is 18.0 Å². The molecular weight excluding hydrogens is 378 g/mol. The Balaban J connectivity index is 1.73. The van der Waals surface area contributed by atoms with E-state index < -0.39 is 6.10 Å². The van der Waals surface area contributed by atoms with Crippen LogP contribution in [0.4, 0.5) is 5.69 Å². The number of carbonyl (C=O) groups is 2. The van der Waals surface area contributed by atoms with E-state index in [0.717, 1.165) is 17.3 Å². The first-order valence-electron chi connectivity index (χ1n) is 7.33. The van der Waals surface area contributed by atoms with Gasteiger partial charge in [-0.25, -0.2) is 0 Å². The van der Waals surface area contributed by atoms with Crippen molar-refractivity contribution >= 4 is 44.8 Å². The number of thiophene rings is 1. The normalized spacial score (nSPS) is 11.7. The van der Waals surface area contributed by atoms with E-state index in [9.17, 15) is 9.59 Å². The summed E-state index contributed by atoms with van der Waals surface area (Å²) in [6.45, 7) is 1.57. The third kappa shape index (κ3) is 6.15. The van der Waals surface area contributed by atoms with E-state index in [2.05, 4.69) is 21.2 Å². The number of esters is 1. The van der Waals surface area contributed by atoms with Crippen molar-refractivity contribution in [1.82, 2.24) is 0 Å². The van der Waals surface area contributed by atoms with Crippen LogP contribution in [0.5, 0.6) is 0 Å². The molecule has 1 heterocycles. The van der Waals surface area contributed by atoms with Gasteiger partial charge in [-0.05, 0) is 49.4 Å². The van der Waals surface area contributed by atoms with Crippen LogP contribution in [0.3, 0.4) is 0 Å². The highest BCUT2D eigenvalue weighted by atomic mass is 79.9. The van der Waals surface area contributed by atoms with Crippen LogP contribution in [0.15, 0.2) is 46.3 Å². The first kappa shape index (κ1) is 17.7. The molecule has 1 amide bonds. The van der Waals surface area contributed by atoms with Gasteiger partial charge in [-0.1, -0.05) is 28.1 Å². The molecule has 0 aliphatic rings. The summed E-state index contributed by atoms with van der Waals surface area (Å²) in [5, 5.41) is 4.74. The molecule has 0 aliphatic carbocycles. The Hall–Kier alpha value is -1.66. The lowest BCUT2D eigenvalue weighted by Gasteiger charge is -2.13. The second kappa shape index (κ2) is 8.84. The molecule has 1 aromatic heterocycles. The van der Waals surface area contributed by atoms with E-state index in [1.54, 1.807) is 30.4 Å². The van der Waals surface area contributed by atoms with Gasteiger partial charge in [0.2, 0.25) is 0 Å². The minimum Gasteiger partial charge on any atom is -0.453 e. The van der Waals surface area contributed by atoms with Gasteiger partial charge in [0.25, 0.3) is 5.91 Å². The summed E-state index contributed by atoms with van der Waals surface area (Å²) < 4.78 is 6.04. The molecule has 0 bridgehead atoms. The molecule has 1 atom stereocenters. The number of amides is 1. The van der Waals surface area contributed by atoms with E-state index in [1.165, 1.54) is 4.88 Å². The number of aryl methyl sites for hydroxylation is 1. The van der Waals surface area contributed by atoms with E-state index in [4.69, 9.17) is 4.74 Å². The molecule has 0 fully saturated rings. The average molecular weight is 396 g/mol. The summed E-state index contributed by atoms with van der Waals surface area (Å²) in [5.74, 6) is -0.687. The van der Waals surface area contributed by atoms with Gasteiger partial charge in [-0.3, -0.25) is 9.59 Å². The standard InChI is InChI=1S/C17H18BrNO3S/c1-12(17(21)19-14-6-2-5-13(18)11-14)22-16(20)9-3-7-15-8-4-10-23-15/h2,4-6,8,10-12H,3,7,9H2,1H3,(H,19,21)/t12-/m1/s1. The lowest BCUT2D eigenvalue weighted by Crippen LogP contribution is -2.29. The first-order valence-corrected chi connectivity index (χ1v) is 9.00. The van der Waals surface area contributed by atoms with E-state index in [0.29, 0.717) is 12.1 Å². The van der Waals surface area contributed by atoms with Crippen molar-refractivity contribution in [2.45, 2.75) is 32.3 Å². The number of hydrogen-bond acceptors (Lipinski definition) is 4. The molecule has 0 radical (unpaired) electrons. The summed E-state index contributed by atoms with van der Waals surface area (Å²) in [5.41, 5.74) is 0.657. The molecule has 0 aliphatic heterocycles. The first-order chi connectivity index (χ1) is 11.0. The van der Waals surface area contributed by atoms with Crippen molar-refractivity contribution in [3.63, 3.8) is 0 Å². The highest BCUT2D eigenvalue weighted by molar-refractivity contribution is 9.10. The van der Waals surface area contributed by atoms with Crippen LogP contribution < -0.4 is 5.32 Å². The van der Waals surface area contributed by atoms with Crippen LogP contribution in [0, 0.1) is 0 Å². The number of benzene rings is 1. The highest BCUT2D eigenvalue weighted by Crippen LogP contribution is 2.16. The Labute approximate surface area is 148 Å². The number of halogens is 1. The number of hydrogen-bond donors (Lipinski definition) is 1. The van der Waals surface area contributed by atoms with Crippen molar-refractivity contribution in [1.29, 1.82) is 0 Å². The van der Waals surface area contributed by atoms with Gasteiger partial charge in [0, 0.05) is 21.5 Å². The predicted octanol–water partition coefficient (Wildman–Crippen LogP) is 4.40. The molecule has 0 saturated carbocycles. The Morgan fingerprint density at radius 2 is 2.13 bits per heavy atom. The predicted molar refractivity (Wildman–Crippen MR) is 95.6 cm³/mol. The molecule has 2 aromatic rings. The fourth-order valence-corrected chi connectivity index (χ4v) is 3.13.